The first-order chi connectivity index (χ1) is 34.0. The van der Waals surface area contributed by atoms with Crippen molar-refractivity contribution in [3.05, 3.63) is 24.3 Å². The quantitative estimate of drug-likeness (QED) is 0.0321. The zero-order valence-corrected chi connectivity index (χ0v) is 46.6. The van der Waals surface area contributed by atoms with Crippen molar-refractivity contribution in [1.29, 1.82) is 0 Å². The molecule has 0 saturated heterocycles. The molecule has 0 aromatic rings. The number of esters is 1. The molecule has 3 N–H and O–H groups in total. The van der Waals surface area contributed by atoms with E-state index in [1.54, 1.807) is 6.08 Å². The van der Waals surface area contributed by atoms with E-state index in [1.165, 1.54) is 270 Å². The lowest BCUT2D eigenvalue weighted by Gasteiger charge is -2.20. The molecule has 0 heterocycles. The van der Waals surface area contributed by atoms with Gasteiger partial charge in [0.15, 0.2) is 0 Å². The van der Waals surface area contributed by atoms with Gasteiger partial charge in [-0.25, -0.2) is 0 Å². The predicted molar refractivity (Wildman–Crippen MR) is 301 cm³/mol. The van der Waals surface area contributed by atoms with Crippen molar-refractivity contribution in [3.63, 3.8) is 0 Å². The average molecular weight is 973 g/mol. The van der Waals surface area contributed by atoms with Gasteiger partial charge in [0.1, 0.15) is 0 Å². The van der Waals surface area contributed by atoms with E-state index in [1.807, 2.05) is 6.08 Å². The van der Waals surface area contributed by atoms with Gasteiger partial charge in [-0.15, -0.1) is 0 Å². The number of aliphatic hydroxyl groups excluding tert-OH is 2. The highest BCUT2D eigenvalue weighted by Gasteiger charge is 2.18. The van der Waals surface area contributed by atoms with Gasteiger partial charge in [0.25, 0.3) is 0 Å². The van der Waals surface area contributed by atoms with Gasteiger partial charge in [0.2, 0.25) is 5.91 Å². The van der Waals surface area contributed by atoms with Gasteiger partial charge in [-0.05, 0) is 57.8 Å². The minimum absolute atomic E-state index is 0.00966. The van der Waals surface area contributed by atoms with Gasteiger partial charge in [-0.2, -0.15) is 0 Å². The summed E-state index contributed by atoms with van der Waals surface area (Å²) in [6.45, 7) is 4.88. The summed E-state index contributed by atoms with van der Waals surface area (Å²) in [6, 6.07) is -0.622. The van der Waals surface area contributed by atoms with Crippen LogP contribution in [0.2, 0.25) is 0 Å². The highest BCUT2D eigenvalue weighted by molar-refractivity contribution is 5.76. The zero-order chi connectivity index (χ0) is 50.0. The van der Waals surface area contributed by atoms with E-state index in [4.69, 9.17) is 4.74 Å². The Morgan fingerprint density at radius 3 is 1.06 bits per heavy atom. The van der Waals surface area contributed by atoms with Gasteiger partial charge in [-0.3, -0.25) is 9.59 Å². The number of amides is 1. The molecule has 1 amide bonds. The first-order valence-electron chi connectivity index (χ1n) is 31.1. The third-order valence-electron chi connectivity index (χ3n) is 14.5. The van der Waals surface area contributed by atoms with E-state index >= 15 is 0 Å². The third-order valence-corrected chi connectivity index (χ3v) is 14.5. The summed E-state index contributed by atoms with van der Waals surface area (Å²) in [5, 5.41) is 23.0. The largest absolute Gasteiger partial charge is 0.466 e. The van der Waals surface area contributed by atoms with E-state index in [0.29, 0.717) is 19.4 Å². The van der Waals surface area contributed by atoms with Crippen LogP contribution in [0.25, 0.3) is 0 Å². The Kier molecular flexibility index (Phi) is 57.5. The number of ether oxygens (including phenoxy) is 1. The molecule has 0 radical (unpaired) electrons. The smallest absolute Gasteiger partial charge is 0.305 e. The summed E-state index contributed by atoms with van der Waals surface area (Å²) >= 11 is 0. The molecule has 0 aliphatic heterocycles. The van der Waals surface area contributed by atoms with Crippen LogP contribution in [0.3, 0.4) is 0 Å². The number of hydrogen-bond donors (Lipinski definition) is 3. The van der Waals surface area contributed by atoms with Crippen molar-refractivity contribution < 1.29 is 24.5 Å². The standard InChI is InChI=1S/C63H121NO5/c1-3-5-7-9-11-13-15-37-41-45-49-53-57-63(68)69-58-54-50-46-42-38-35-33-31-29-27-25-23-21-19-17-16-18-20-22-24-26-28-30-32-34-36-40-44-48-52-56-62(67)64-60(59-65)61(66)55-51-47-43-39-14-12-10-8-6-4-2/h11,13,51,55,60-61,65-66H,3-10,12,14-50,52-54,56-59H2,1-2H3,(H,64,67)/b13-11-,55-51+. The van der Waals surface area contributed by atoms with Crippen LogP contribution in [-0.2, 0) is 14.3 Å². The molecule has 0 spiro atoms. The Bertz CT molecular complexity index is 1080. The summed E-state index contributed by atoms with van der Waals surface area (Å²) in [5.74, 6) is -0.0554. The van der Waals surface area contributed by atoms with Crippen LogP contribution in [0, 0.1) is 0 Å². The fraction of sp³-hybridized carbons (Fsp3) is 0.905. The maximum absolute atomic E-state index is 12.4. The Morgan fingerprint density at radius 2 is 0.681 bits per heavy atom. The summed E-state index contributed by atoms with van der Waals surface area (Å²) in [4.78, 5) is 24.4. The molecule has 0 saturated carbocycles. The van der Waals surface area contributed by atoms with Gasteiger partial charge >= 0.3 is 5.97 Å². The number of aliphatic hydroxyl groups is 2. The molecule has 0 rings (SSSR count). The molecule has 6 nitrogen and oxygen atoms in total. The van der Waals surface area contributed by atoms with Crippen molar-refractivity contribution in [1.82, 2.24) is 5.32 Å². The molecule has 408 valence electrons. The molecule has 6 heteroatoms. The molecule has 0 aromatic heterocycles. The van der Waals surface area contributed by atoms with Crippen molar-refractivity contribution in [3.8, 4) is 0 Å². The molecular weight excluding hydrogens is 851 g/mol. The molecule has 2 unspecified atom stereocenters. The number of unbranched alkanes of at least 4 members (excludes halogenated alkanes) is 45. The molecule has 2 atom stereocenters. The van der Waals surface area contributed by atoms with Crippen molar-refractivity contribution >= 4 is 11.9 Å². The number of carbonyl (C=O) groups is 2. The van der Waals surface area contributed by atoms with Crippen LogP contribution in [0.4, 0.5) is 0 Å². The highest BCUT2D eigenvalue weighted by Crippen LogP contribution is 2.18. The second-order valence-electron chi connectivity index (χ2n) is 21.4. The molecule has 0 bridgehead atoms. The van der Waals surface area contributed by atoms with Gasteiger partial charge in [0, 0.05) is 12.8 Å². The SMILES string of the molecule is CCCCC/C=C\CCCCCCCC(=O)OCCCCCCCCCCCCCCCCCCCCCCCCCCCCCCCCC(=O)NC(CO)C(O)/C=C/CCCCCCCCCC. The Balaban J connectivity index is 3.32. The molecule has 0 fully saturated rings. The van der Waals surface area contributed by atoms with E-state index in [9.17, 15) is 19.8 Å². The minimum Gasteiger partial charge on any atom is -0.466 e. The Hall–Kier alpha value is -1.66. The van der Waals surface area contributed by atoms with E-state index in [-0.39, 0.29) is 18.5 Å². The summed E-state index contributed by atoms with van der Waals surface area (Å²) < 4.78 is 5.47. The lowest BCUT2D eigenvalue weighted by atomic mass is 10.0. The Labute approximate surface area is 431 Å². The lowest BCUT2D eigenvalue weighted by molar-refractivity contribution is -0.143. The van der Waals surface area contributed by atoms with Crippen LogP contribution in [0.5, 0.6) is 0 Å². The summed E-state index contributed by atoms with van der Waals surface area (Å²) in [6.07, 6.45) is 72.4. The number of rotatable bonds is 58. The summed E-state index contributed by atoms with van der Waals surface area (Å²) in [5.41, 5.74) is 0. The minimum atomic E-state index is -0.839. The normalized spacial score (nSPS) is 12.7. The molecule has 69 heavy (non-hydrogen) atoms. The van der Waals surface area contributed by atoms with Crippen molar-refractivity contribution in [2.75, 3.05) is 13.2 Å². The molecule has 0 aliphatic carbocycles. The van der Waals surface area contributed by atoms with Gasteiger partial charge in [-0.1, -0.05) is 295 Å². The monoisotopic (exact) mass is 972 g/mol. The number of carbonyl (C=O) groups excluding carboxylic acids is 2. The predicted octanol–water partition coefficient (Wildman–Crippen LogP) is 19.4. The third kappa shape index (κ3) is 55.5. The molecular formula is C63H121NO5. The van der Waals surface area contributed by atoms with E-state index in [0.717, 1.165) is 44.9 Å². The lowest BCUT2D eigenvalue weighted by Crippen LogP contribution is -2.45. The number of allylic oxidation sites excluding steroid dienone is 3. The molecule has 0 aliphatic rings. The van der Waals surface area contributed by atoms with E-state index < -0.39 is 12.1 Å². The van der Waals surface area contributed by atoms with Crippen LogP contribution in [-0.4, -0.2) is 47.4 Å². The maximum Gasteiger partial charge on any atom is 0.305 e. The summed E-state index contributed by atoms with van der Waals surface area (Å²) in [7, 11) is 0. The number of nitrogens with one attached hydrogen (secondary N) is 1. The maximum atomic E-state index is 12.4. The topological polar surface area (TPSA) is 95.9 Å². The highest BCUT2D eigenvalue weighted by atomic mass is 16.5. The molecule has 0 aromatic carbocycles. The fourth-order valence-corrected chi connectivity index (χ4v) is 9.69. The van der Waals surface area contributed by atoms with Crippen LogP contribution >= 0.6 is 0 Å². The van der Waals surface area contributed by atoms with Crippen molar-refractivity contribution in [2.45, 2.75) is 353 Å². The zero-order valence-electron chi connectivity index (χ0n) is 46.6. The van der Waals surface area contributed by atoms with Gasteiger partial charge < -0.3 is 20.3 Å². The average Bonchev–Trinajstić information content (AvgIpc) is 3.35. The van der Waals surface area contributed by atoms with Crippen LogP contribution in [0.1, 0.15) is 341 Å². The van der Waals surface area contributed by atoms with E-state index in [2.05, 4.69) is 31.3 Å². The number of hydrogen-bond acceptors (Lipinski definition) is 5. The van der Waals surface area contributed by atoms with Crippen LogP contribution in [0.15, 0.2) is 24.3 Å². The van der Waals surface area contributed by atoms with Crippen molar-refractivity contribution in [2.24, 2.45) is 0 Å². The Morgan fingerprint density at radius 1 is 0.391 bits per heavy atom. The fourth-order valence-electron chi connectivity index (χ4n) is 9.69. The van der Waals surface area contributed by atoms with Gasteiger partial charge in [0.05, 0.1) is 25.4 Å². The first kappa shape index (κ1) is 67.3. The first-order valence-corrected chi connectivity index (χ1v) is 31.1. The second kappa shape index (κ2) is 58.9. The van der Waals surface area contributed by atoms with Crippen LogP contribution < -0.4 is 5.32 Å². The second-order valence-corrected chi connectivity index (χ2v) is 21.4.